The number of alkyl halides is 3. The Bertz CT molecular complexity index is 725. The zero-order chi connectivity index (χ0) is 17.3. The van der Waals surface area contributed by atoms with Gasteiger partial charge in [-0.05, 0) is 43.2 Å². The van der Waals surface area contributed by atoms with Crippen LogP contribution in [-0.4, -0.2) is 46.9 Å². The van der Waals surface area contributed by atoms with Gasteiger partial charge >= 0.3 is 6.18 Å². The fraction of sp³-hybridized carbons (Fsp3) is 0.375. The number of H-pyrrole nitrogens is 1. The minimum Gasteiger partial charge on any atom is -0.497 e. The number of hydrogen-bond acceptors (Lipinski definition) is 3. The van der Waals surface area contributed by atoms with Crippen LogP contribution in [0.1, 0.15) is 23.3 Å². The van der Waals surface area contributed by atoms with E-state index in [1.54, 1.807) is 31.4 Å². The maximum atomic E-state index is 13.0. The van der Waals surface area contributed by atoms with Gasteiger partial charge < -0.3 is 9.64 Å². The summed E-state index contributed by atoms with van der Waals surface area (Å²) in [7, 11) is 1.55. The van der Waals surface area contributed by atoms with E-state index in [4.69, 9.17) is 4.74 Å². The highest BCUT2D eigenvalue weighted by Gasteiger charge is 2.48. The first kappa shape index (κ1) is 16.4. The Morgan fingerprint density at radius 3 is 2.67 bits per heavy atom. The van der Waals surface area contributed by atoms with Gasteiger partial charge in [0.05, 0.1) is 12.8 Å². The van der Waals surface area contributed by atoms with Crippen molar-refractivity contribution in [3.05, 3.63) is 36.0 Å². The molecule has 128 valence electrons. The zero-order valence-electron chi connectivity index (χ0n) is 12.9. The number of amides is 1. The second-order valence-electron chi connectivity index (χ2n) is 5.59. The van der Waals surface area contributed by atoms with Crippen molar-refractivity contribution in [1.82, 2.24) is 15.1 Å². The predicted molar refractivity (Wildman–Crippen MR) is 80.7 cm³/mol. The molecule has 1 aromatic heterocycles. The number of carbonyl (C=O) groups is 1. The maximum Gasteiger partial charge on any atom is 0.408 e. The van der Waals surface area contributed by atoms with E-state index in [-0.39, 0.29) is 18.7 Å². The molecule has 1 N–H and O–H groups in total. The molecule has 3 rings (SSSR count). The van der Waals surface area contributed by atoms with E-state index >= 15 is 0 Å². The smallest absolute Gasteiger partial charge is 0.408 e. The van der Waals surface area contributed by atoms with E-state index in [9.17, 15) is 18.0 Å². The van der Waals surface area contributed by atoms with E-state index in [1.165, 1.54) is 6.07 Å². The van der Waals surface area contributed by atoms with Crippen molar-refractivity contribution >= 4 is 5.91 Å². The Kier molecular flexibility index (Phi) is 4.21. The van der Waals surface area contributed by atoms with Crippen LogP contribution < -0.4 is 4.74 Å². The van der Waals surface area contributed by atoms with Crippen molar-refractivity contribution in [2.75, 3.05) is 13.7 Å². The van der Waals surface area contributed by atoms with E-state index in [2.05, 4.69) is 10.2 Å². The summed E-state index contributed by atoms with van der Waals surface area (Å²) < 4.78 is 44.1. The number of hydrogen-bond donors (Lipinski definition) is 1. The minimum absolute atomic E-state index is 0.0527. The standard InChI is InChI=1S/C16H16F3N3O2/c1-24-11-6-4-10(5-7-11)12-9-13(21-20-12)15(23)22-8-2-3-14(22)16(17,18)19/h4-7,9,14H,2-3,8H2,1H3,(H,20,21)/t14-/m1/s1. The summed E-state index contributed by atoms with van der Waals surface area (Å²) >= 11 is 0. The lowest BCUT2D eigenvalue weighted by atomic mass is 10.1. The summed E-state index contributed by atoms with van der Waals surface area (Å²) in [6.07, 6.45) is -4.13. The van der Waals surface area contributed by atoms with Gasteiger partial charge in [0.15, 0.2) is 0 Å². The highest BCUT2D eigenvalue weighted by Crippen LogP contribution is 2.33. The number of benzene rings is 1. The topological polar surface area (TPSA) is 58.2 Å². The van der Waals surface area contributed by atoms with Crippen LogP contribution in [-0.2, 0) is 0 Å². The van der Waals surface area contributed by atoms with Gasteiger partial charge in [-0.25, -0.2) is 0 Å². The molecule has 0 saturated carbocycles. The highest BCUT2D eigenvalue weighted by atomic mass is 19.4. The number of methoxy groups -OCH3 is 1. The largest absolute Gasteiger partial charge is 0.497 e. The first-order valence-corrected chi connectivity index (χ1v) is 7.47. The van der Waals surface area contributed by atoms with Crippen molar-refractivity contribution in [3.63, 3.8) is 0 Å². The van der Waals surface area contributed by atoms with Crippen molar-refractivity contribution in [2.45, 2.75) is 25.1 Å². The lowest BCUT2D eigenvalue weighted by Gasteiger charge is -2.25. The molecule has 0 unspecified atom stereocenters. The lowest BCUT2D eigenvalue weighted by molar-refractivity contribution is -0.169. The predicted octanol–water partition coefficient (Wildman–Crippen LogP) is 3.25. The van der Waals surface area contributed by atoms with Crippen LogP contribution in [0.2, 0.25) is 0 Å². The summed E-state index contributed by atoms with van der Waals surface area (Å²) in [5, 5.41) is 6.57. The quantitative estimate of drug-likeness (QED) is 0.934. The van der Waals surface area contributed by atoms with Gasteiger partial charge in [-0.1, -0.05) is 0 Å². The molecule has 1 fully saturated rings. The van der Waals surface area contributed by atoms with Crippen molar-refractivity contribution in [2.24, 2.45) is 0 Å². The van der Waals surface area contributed by atoms with Gasteiger partial charge in [0.1, 0.15) is 17.5 Å². The molecule has 0 aliphatic carbocycles. The molecule has 0 radical (unpaired) electrons. The van der Waals surface area contributed by atoms with Crippen LogP contribution in [0, 0.1) is 0 Å². The average Bonchev–Trinajstić information content (AvgIpc) is 3.23. The number of aromatic nitrogens is 2. The van der Waals surface area contributed by atoms with Gasteiger partial charge in [0, 0.05) is 12.1 Å². The molecule has 1 aromatic carbocycles. The summed E-state index contributed by atoms with van der Waals surface area (Å²) in [6.45, 7) is 0.0971. The van der Waals surface area contributed by atoms with Crippen LogP contribution in [0.4, 0.5) is 13.2 Å². The third-order valence-electron chi connectivity index (χ3n) is 4.09. The Morgan fingerprint density at radius 2 is 2.04 bits per heavy atom. The summed E-state index contributed by atoms with van der Waals surface area (Å²) in [5.41, 5.74) is 1.28. The molecule has 2 aromatic rings. The SMILES string of the molecule is COc1ccc(-c2cc(C(=O)N3CCC[C@@H]3C(F)(F)F)[nH]n2)cc1. The fourth-order valence-electron chi connectivity index (χ4n) is 2.85. The first-order chi connectivity index (χ1) is 11.4. The number of nitrogens with zero attached hydrogens (tertiary/aromatic N) is 2. The normalized spacial score (nSPS) is 18.0. The molecule has 1 atom stereocenters. The van der Waals surface area contributed by atoms with E-state index in [0.29, 0.717) is 17.9 Å². The molecule has 1 saturated heterocycles. The van der Waals surface area contributed by atoms with Crippen molar-refractivity contribution < 1.29 is 22.7 Å². The molecular formula is C16H16F3N3O2. The van der Waals surface area contributed by atoms with E-state index in [1.807, 2.05) is 0 Å². The number of nitrogens with one attached hydrogen (secondary N) is 1. The first-order valence-electron chi connectivity index (χ1n) is 7.47. The molecule has 5 nitrogen and oxygen atoms in total. The second kappa shape index (κ2) is 6.18. The third kappa shape index (κ3) is 3.08. The Balaban J connectivity index is 1.80. The van der Waals surface area contributed by atoms with Crippen LogP contribution >= 0.6 is 0 Å². The molecule has 1 aliphatic rings. The Morgan fingerprint density at radius 1 is 1.33 bits per heavy atom. The van der Waals surface area contributed by atoms with Crippen molar-refractivity contribution in [1.29, 1.82) is 0 Å². The Hall–Kier alpha value is -2.51. The third-order valence-corrected chi connectivity index (χ3v) is 4.09. The van der Waals surface area contributed by atoms with Crippen LogP contribution in [0.5, 0.6) is 5.75 Å². The maximum absolute atomic E-state index is 13.0. The molecule has 24 heavy (non-hydrogen) atoms. The monoisotopic (exact) mass is 339 g/mol. The van der Waals surface area contributed by atoms with Gasteiger partial charge in [-0.15, -0.1) is 0 Å². The van der Waals surface area contributed by atoms with Gasteiger partial charge in [0.25, 0.3) is 5.91 Å². The van der Waals surface area contributed by atoms with Crippen molar-refractivity contribution in [3.8, 4) is 17.0 Å². The van der Waals surface area contributed by atoms with Crippen LogP contribution in [0.15, 0.2) is 30.3 Å². The van der Waals surface area contributed by atoms with Gasteiger partial charge in [0.2, 0.25) is 0 Å². The molecule has 2 heterocycles. The molecule has 1 amide bonds. The second-order valence-corrected chi connectivity index (χ2v) is 5.59. The number of ether oxygens (including phenoxy) is 1. The van der Waals surface area contributed by atoms with Gasteiger partial charge in [-0.2, -0.15) is 18.3 Å². The molecule has 1 aliphatic heterocycles. The number of rotatable bonds is 3. The number of halogens is 3. The Labute approximate surface area is 136 Å². The highest BCUT2D eigenvalue weighted by molar-refractivity contribution is 5.93. The van der Waals surface area contributed by atoms with Crippen LogP contribution in [0.25, 0.3) is 11.3 Å². The number of aromatic amines is 1. The number of carbonyl (C=O) groups excluding carboxylic acids is 1. The summed E-state index contributed by atoms with van der Waals surface area (Å²) in [6, 6.07) is 6.75. The fourth-order valence-corrected chi connectivity index (χ4v) is 2.85. The lowest BCUT2D eigenvalue weighted by Crippen LogP contribution is -2.44. The van der Waals surface area contributed by atoms with Gasteiger partial charge in [-0.3, -0.25) is 9.89 Å². The number of likely N-dealkylation sites (tertiary alicyclic amines) is 1. The molecule has 8 heteroatoms. The minimum atomic E-state index is -4.41. The summed E-state index contributed by atoms with van der Waals surface area (Å²) in [5.74, 6) is -0.00208. The molecule has 0 bridgehead atoms. The zero-order valence-corrected chi connectivity index (χ0v) is 12.9. The molecule has 0 spiro atoms. The average molecular weight is 339 g/mol. The van der Waals surface area contributed by atoms with Crippen LogP contribution in [0.3, 0.4) is 0 Å². The molecular weight excluding hydrogens is 323 g/mol. The van der Waals surface area contributed by atoms with E-state index in [0.717, 1.165) is 10.5 Å². The van der Waals surface area contributed by atoms with E-state index < -0.39 is 18.1 Å². The summed E-state index contributed by atoms with van der Waals surface area (Å²) in [4.78, 5) is 13.3.